The molecule has 0 heterocycles. The first-order chi connectivity index (χ1) is 11.6. The summed E-state index contributed by atoms with van der Waals surface area (Å²) in [7, 11) is 0. The van der Waals surface area contributed by atoms with Gasteiger partial charge in [-0.25, -0.2) is 5.43 Å². The van der Waals surface area contributed by atoms with Crippen LogP contribution in [0.5, 0.6) is 11.5 Å². The van der Waals surface area contributed by atoms with Crippen LogP contribution in [0.4, 0.5) is 0 Å². The molecule has 5 nitrogen and oxygen atoms in total. The van der Waals surface area contributed by atoms with Crippen molar-refractivity contribution >= 4 is 28.1 Å². The highest BCUT2D eigenvalue weighted by Gasteiger charge is 2.04. The summed E-state index contributed by atoms with van der Waals surface area (Å²) < 4.78 is 11.9. The van der Waals surface area contributed by atoms with Gasteiger partial charge < -0.3 is 9.47 Å². The summed E-state index contributed by atoms with van der Waals surface area (Å²) in [6.45, 7) is 4.29. The molecule has 0 atom stereocenters. The molecule has 1 amide bonds. The van der Waals surface area contributed by atoms with Gasteiger partial charge in [-0.3, -0.25) is 4.79 Å². The largest absolute Gasteiger partial charge is 0.493 e. The zero-order valence-corrected chi connectivity index (χ0v) is 15.2. The molecule has 126 valence electrons. The number of nitrogens with zero attached hydrogens (tertiary/aromatic N) is 1. The minimum absolute atomic E-state index is 0.0982. The Bertz CT molecular complexity index is 732. The minimum Gasteiger partial charge on any atom is -0.493 e. The molecular weight excluding hydrogens is 372 g/mol. The number of hydrogen-bond acceptors (Lipinski definition) is 4. The van der Waals surface area contributed by atoms with Gasteiger partial charge in [0, 0.05) is 10.0 Å². The third-order valence-electron chi connectivity index (χ3n) is 3.12. The van der Waals surface area contributed by atoms with Gasteiger partial charge in [0.2, 0.25) is 0 Å². The highest BCUT2D eigenvalue weighted by molar-refractivity contribution is 9.10. The number of amides is 1. The molecule has 0 aromatic heterocycles. The van der Waals surface area contributed by atoms with E-state index >= 15 is 0 Å². The van der Waals surface area contributed by atoms with Crippen LogP contribution in [0.3, 0.4) is 0 Å². The van der Waals surface area contributed by atoms with Gasteiger partial charge in [-0.15, -0.1) is 0 Å². The molecule has 0 aliphatic heterocycles. The molecule has 0 saturated heterocycles. The first-order valence-corrected chi connectivity index (χ1v) is 8.32. The monoisotopic (exact) mass is 390 g/mol. The van der Waals surface area contributed by atoms with Gasteiger partial charge >= 0.3 is 0 Å². The number of halogens is 1. The van der Waals surface area contributed by atoms with E-state index in [9.17, 15) is 4.79 Å². The van der Waals surface area contributed by atoms with Crippen LogP contribution >= 0.6 is 15.9 Å². The first kappa shape index (κ1) is 18.0. The Morgan fingerprint density at radius 2 is 2.00 bits per heavy atom. The molecular formula is C18H19BrN2O3. The maximum Gasteiger partial charge on any atom is 0.277 e. The van der Waals surface area contributed by atoms with E-state index in [4.69, 9.17) is 9.47 Å². The second-order valence-corrected chi connectivity index (χ2v) is 5.88. The molecule has 0 saturated carbocycles. The summed E-state index contributed by atoms with van der Waals surface area (Å²) in [6, 6.07) is 13.1. The molecule has 2 rings (SSSR count). The second kappa shape index (κ2) is 9.08. The van der Waals surface area contributed by atoms with Gasteiger partial charge in [0.05, 0.1) is 12.8 Å². The molecule has 2 aromatic carbocycles. The highest BCUT2D eigenvalue weighted by Crippen LogP contribution is 2.21. The fourth-order valence-corrected chi connectivity index (χ4v) is 2.35. The van der Waals surface area contributed by atoms with Crippen molar-refractivity contribution in [2.24, 2.45) is 5.10 Å². The van der Waals surface area contributed by atoms with Crippen LogP contribution in [0.15, 0.2) is 52.0 Å². The van der Waals surface area contributed by atoms with Crippen LogP contribution in [0.25, 0.3) is 0 Å². The number of rotatable bonds is 7. The van der Waals surface area contributed by atoms with E-state index in [-0.39, 0.29) is 12.5 Å². The van der Waals surface area contributed by atoms with Gasteiger partial charge in [0.15, 0.2) is 6.61 Å². The normalized spacial score (nSPS) is 10.6. The minimum atomic E-state index is -0.331. The van der Waals surface area contributed by atoms with Crippen molar-refractivity contribution in [2.75, 3.05) is 13.2 Å². The maximum atomic E-state index is 11.8. The molecule has 0 unspecified atom stereocenters. The summed E-state index contributed by atoms with van der Waals surface area (Å²) in [6.07, 6.45) is 1.54. The van der Waals surface area contributed by atoms with Crippen LogP contribution in [0, 0.1) is 6.92 Å². The number of carbonyl (C=O) groups excluding carboxylic acids is 1. The number of para-hydroxylation sites is 1. The van der Waals surface area contributed by atoms with E-state index in [1.165, 1.54) is 0 Å². The third-order valence-corrected chi connectivity index (χ3v) is 3.61. The van der Waals surface area contributed by atoms with Crippen molar-refractivity contribution in [3.05, 3.63) is 58.1 Å². The van der Waals surface area contributed by atoms with Crippen molar-refractivity contribution in [1.29, 1.82) is 0 Å². The van der Waals surface area contributed by atoms with Crippen molar-refractivity contribution in [2.45, 2.75) is 13.8 Å². The Kier molecular flexibility index (Phi) is 6.81. The Morgan fingerprint density at radius 3 is 2.75 bits per heavy atom. The molecule has 24 heavy (non-hydrogen) atoms. The summed E-state index contributed by atoms with van der Waals surface area (Å²) >= 11 is 3.40. The summed E-state index contributed by atoms with van der Waals surface area (Å²) in [5, 5.41) is 3.95. The van der Waals surface area contributed by atoms with E-state index < -0.39 is 0 Å². The number of aryl methyl sites for hydroxylation is 1. The number of carbonyl (C=O) groups is 1. The van der Waals surface area contributed by atoms with Crippen molar-refractivity contribution < 1.29 is 14.3 Å². The molecule has 0 radical (unpaired) electrons. The predicted molar refractivity (Wildman–Crippen MR) is 97.7 cm³/mol. The van der Waals surface area contributed by atoms with Crippen molar-refractivity contribution in [1.82, 2.24) is 5.43 Å². The molecule has 0 aliphatic carbocycles. The maximum absolute atomic E-state index is 11.8. The Morgan fingerprint density at radius 1 is 1.21 bits per heavy atom. The van der Waals surface area contributed by atoms with Crippen molar-refractivity contribution in [3.8, 4) is 11.5 Å². The lowest BCUT2D eigenvalue weighted by Crippen LogP contribution is -2.24. The average Bonchev–Trinajstić information content (AvgIpc) is 2.56. The first-order valence-electron chi connectivity index (χ1n) is 7.53. The molecule has 2 aromatic rings. The number of hydrogen-bond donors (Lipinski definition) is 1. The zero-order valence-electron chi connectivity index (χ0n) is 13.6. The van der Waals surface area contributed by atoms with Gasteiger partial charge in [-0.05, 0) is 43.7 Å². The van der Waals surface area contributed by atoms with Crippen molar-refractivity contribution in [3.63, 3.8) is 0 Å². The second-order valence-electron chi connectivity index (χ2n) is 4.96. The Balaban J connectivity index is 1.90. The van der Waals surface area contributed by atoms with E-state index in [2.05, 4.69) is 26.5 Å². The summed E-state index contributed by atoms with van der Waals surface area (Å²) in [5.41, 5.74) is 4.19. The molecule has 0 aliphatic rings. The number of benzene rings is 2. The van der Waals surface area contributed by atoms with Crippen LogP contribution in [0.2, 0.25) is 0 Å². The average molecular weight is 391 g/mol. The lowest BCUT2D eigenvalue weighted by Gasteiger charge is -2.08. The number of hydrazone groups is 1. The fraction of sp³-hybridized carbons (Fsp3) is 0.222. The standard InChI is InChI=1S/C18H19BrN2O3/c1-3-23-17-9-8-15(19)10-14(17)11-20-21-18(22)12-24-16-7-5-4-6-13(16)2/h4-11H,3,12H2,1-2H3,(H,21,22). The molecule has 0 bridgehead atoms. The highest BCUT2D eigenvalue weighted by atomic mass is 79.9. The van der Waals surface area contributed by atoms with E-state index in [0.29, 0.717) is 18.1 Å². The predicted octanol–water partition coefficient (Wildman–Crippen LogP) is 3.69. The number of nitrogens with one attached hydrogen (secondary N) is 1. The molecule has 6 heteroatoms. The van der Waals surface area contributed by atoms with Crippen LogP contribution in [0.1, 0.15) is 18.1 Å². The molecule has 0 spiro atoms. The van der Waals surface area contributed by atoms with Gasteiger partial charge in [0.1, 0.15) is 11.5 Å². The lowest BCUT2D eigenvalue weighted by atomic mass is 10.2. The zero-order chi connectivity index (χ0) is 17.4. The number of ether oxygens (including phenoxy) is 2. The molecule has 0 fully saturated rings. The van der Waals surface area contributed by atoms with Crippen LogP contribution in [-0.4, -0.2) is 25.3 Å². The Labute approximate surface area is 149 Å². The quantitative estimate of drug-likeness (QED) is 0.579. The summed E-state index contributed by atoms with van der Waals surface area (Å²) in [5.74, 6) is 1.06. The van der Waals surface area contributed by atoms with Gasteiger partial charge in [-0.2, -0.15) is 5.10 Å². The van der Waals surface area contributed by atoms with Gasteiger partial charge in [0.25, 0.3) is 5.91 Å². The molecule has 1 N–H and O–H groups in total. The smallest absolute Gasteiger partial charge is 0.277 e. The van der Waals surface area contributed by atoms with E-state index in [0.717, 1.165) is 15.6 Å². The van der Waals surface area contributed by atoms with E-state index in [1.807, 2.05) is 56.3 Å². The lowest BCUT2D eigenvalue weighted by molar-refractivity contribution is -0.123. The third kappa shape index (κ3) is 5.38. The van der Waals surface area contributed by atoms with Crippen LogP contribution < -0.4 is 14.9 Å². The van der Waals surface area contributed by atoms with Crippen LogP contribution in [-0.2, 0) is 4.79 Å². The van der Waals surface area contributed by atoms with Gasteiger partial charge in [-0.1, -0.05) is 34.1 Å². The fourth-order valence-electron chi connectivity index (χ4n) is 1.97. The topological polar surface area (TPSA) is 59.9 Å². The van der Waals surface area contributed by atoms with E-state index in [1.54, 1.807) is 6.21 Å². The SMILES string of the molecule is CCOc1ccc(Br)cc1C=NNC(=O)COc1ccccc1C. The summed E-state index contributed by atoms with van der Waals surface area (Å²) in [4.78, 5) is 11.8. The Hall–Kier alpha value is -2.34.